The second-order valence-corrected chi connectivity index (χ2v) is 0. The molecule has 0 aromatic carbocycles. The van der Waals surface area contributed by atoms with Crippen molar-refractivity contribution in [2.24, 2.45) is 0 Å². The van der Waals surface area contributed by atoms with Crippen LogP contribution in [0.25, 0.3) is 0 Å². The van der Waals surface area contributed by atoms with Crippen LogP contribution in [0, 0.1) is 44.6 Å². The largest absolute Gasteiger partial charge is 6.00 e. The molecule has 0 bridgehead atoms. The summed E-state index contributed by atoms with van der Waals surface area (Å²) in [4.78, 5) is 0. The summed E-state index contributed by atoms with van der Waals surface area (Å²) in [6.07, 6.45) is 0. The van der Waals surface area contributed by atoms with Gasteiger partial charge in [-0.2, -0.15) is 0 Å². The minimum atomic E-state index is 0. The van der Waals surface area contributed by atoms with Crippen LogP contribution in [0.2, 0.25) is 0 Å². The van der Waals surface area contributed by atoms with Crippen LogP contribution in [0.5, 0.6) is 0 Å². The van der Waals surface area contributed by atoms with Crippen LogP contribution in [-0.4, -0.2) is 0 Å². The number of hydrogen-bond donors (Lipinski definition) is 0. The van der Waals surface area contributed by atoms with Gasteiger partial charge in [-0.05, 0) is 0 Å². The van der Waals surface area contributed by atoms with E-state index in [2.05, 4.69) is 0 Å². The fraction of sp³-hybridized carbons (Fsp3) is 0. The van der Waals surface area contributed by atoms with Gasteiger partial charge in [0.1, 0.15) is 0 Å². The Morgan fingerprint density at radius 3 is 0.286 bits per heavy atom. The molecule has 0 unspecified atom stereocenters. The first-order valence-corrected chi connectivity index (χ1v) is 0. The summed E-state index contributed by atoms with van der Waals surface area (Å²) in [7, 11) is 0. The minimum Gasteiger partial charge on any atom is -0.358 e. The average molecular weight is 142 g/mol. The average Bonchev–Trinajstić information content (AvgIpc) is 0. The Hall–Kier alpha value is 0.532. The van der Waals surface area contributed by atoms with E-state index in [0.717, 1.165) is 0 Å². The molecule has 0 rings (SSSR count). The normalized spacial score (nSPS) is 0. The third-order valence-electron chi connectivity index (χ3n) is 0. The van der Waals surface area contributed by atoms with Crippen molar-refractivity contribution in [3.05, 3.63) is 44.6 Å². The van der Waals surface area contributed by atoms with E-state index >= 15 is 0 Å². The Kier molecular flexibility index (Phi) is 114000. The van der Waals surface area contributed by atoms with E-state index in [-0.39, 0.29) is 61.9 Å². The first kappa shape index (κ1) is 1130. The monoisotopic (exact) mass is 142 g/mol. The number of hydrogen-bond acceptors (Lipinski definition) is 0. The van der Waals surface area contributed by atoms with Crippen molar-refractivity contribution < 1.29 is 17.4 Å². The van der Waals surface area contributed by atoms with Crippen molar-refractivity contribution in [1.29, 1.82) is 0 Å². The molecule has 0 saturated heterocycles. The van der Waals surface area contributed by atoms with Crippen molar-refractivity contribution in [3.63, 3.8) is 0 Å². The molecule has 0 radical (unpaired) electrons. The van der Waals surface area contributed by atoms with E-state index in [0.29, 0.717) is 0 Å². The molecule has 0 N–H and O–H groups in total. The minimum absolute atomic E-state index is 0. The molecule has 0 aliphatic rings. The Morgan fingerprint density at radius 1 is 0.286 bits per heavy atom. The van der Waals surface area contributed by atoms with Gasteiger partial charge in [0.05, 0.1) is 0 Å². The second kappa shape index (κ2) is 705. The van der Waals surface area contributed by atoms with Gasteiger partial charge in [-0.3, -0.25) is 0 Å². The van der Waals surface area contributed by atoms with Crippen molar-refractivity contribution >= 4 is 0 Å². The molecule has 0 aliphatic carbocycles. The van der Waals surface area contributed by atoms with Gasteiger partial charge >= 0.3 is 17.4 Å². The SMILES string of the molecule is [CH3-].[CH3-].[CH3-].[CH3-].[CH3-].[CH3-].[Cr+6]. The molecule has 48 valence electrons. The van der Waals surface area contributed by atoms with E-state index in [1.165, 1.54) is 0 Å². The predicted molar refractivity (Wildman–Crippen MR) is 38.5 cm³/mol. The zero-order chi connectivity index (χ0) is 0. The van der Waals surface area contributed by atoms with Crippen molar-refractivity contribution in [3.8, 4) is 0 Å². The van der Waals surface area contributed by atoms with Crippen LogP contribution in [0.4, 0.5) is 0 Å². The molecular weight excluding hydrogens is 124 g/mol. The molecular formula is C6H18Cr. The molecule has 1 heteroatoms. The summed E-state index contributed by atoms with van der Waals surface area (Å²) in [5.41, 5.74) is 0. The molecule has 0 amide bonds. The van der Waals surface area contributed by atoms with Gasteiger partial charge in [-0.1, -0.05) is 0 Å². The molecule has 0 aromatic heterocycles. The summed E-state index contributed by atoms with van der Waals surface area (Å²) in [5, 5.41) is 0. The smallest absolute Gasteiger partial charge is 0.358 e. The zero-order valence-electron chi connectivity index (χ0n) is 6.41. The zero-order valence-corrected chi connectivity index (χ0v) is 7.68. The van der Waals surface area contributed by atoms with Gasteiger partial charge < -0.3 is 44.6 Å². The summed E-state index contributed by atoms with van der Waals surface area (Å²) in [6.45, 7) is 0. The van der Waals surface area contributed by atoms with Crippen molar-refractivity contribution in [2.75, 3.05) is 0 Å². The summed E-state index contributed by atoms with van der Waals surface area (Å²) in [5.74, 6) is 0. The number of rotatable bonds is 0. The maximum atomic E-state index is 0. The fourth-order valence-electron chi connectivity index (χ4n) is 0. The first-order valence-electron chi connectivity index (χ1n) is 0. The van der Waals surface area contributed by atoms with Crippen LogP contribution in [0.1, 0.15) is 0 Å². The molecule has 0 aliphatic heterocycles. The van der Waals surface area contributed by atoms with Crippen molar-refractivity contribution in [1.82, 2.24) is 0 Å². The standard InChI is InChI=1S/6CH3.Cr/h6*1H3;/q6*-1;+6. The maximum absolute atomic E-state index is 0. The van der Waals surface area contributed by atoms with Gasteiger partial charge in [0.15, 0.2) is 0 Å². The van der Waals surface area contributed by atoms with Gasteiger partial charge in [0.2, 0.25) is 0 Å². The Bertz CT molecular complexity index is 4.14. The second-order valence-electron chi connectivity index (χ2n) is 0. The molecule has 0 fully saturated rings. The van der Waals surface area contributed by atoms with E-state index in [1.54, 1.807) is 0 Å². The van der Waals surface area contributed by atoms with Crippen molar-refractivity contribution in [2.45, 2.75) is 0 Å². The molecule has 0 atom stereocenters. The molecule has 7 heavy (non-hydrogen) atoms. The topological polar surface area (TPSA) is 0 Å². The van der Waals surface area contributed by atoms with E-state index in [1.807, 2.05) is 0 Å². The molecule has 0 heterocycles. The van der Waals surface area contributed by atoms with Crippen LogP contribution >= 0.6 is 0 Å². The third kappa shape index (κ3) is 473. The van der Waals surface area contributed by atoms with Crippen LogP contribution in [0.15, 0.2) is 0 Å². The quantitative estimate of drug-likeness (QED) is 0.456. The molecule has 0 nitrogen and oxygen atoms in total. The predicted octanol–water partition coefficient (Wildman–Crippen LogP) is 2.70. The van der Waals surface area contributed by atoms with Gasteiger partial charge in [-0.15, -0.1) is 0 Å². The molecule has 0 spiro atoms. The van der Waals surface area contributed by atoms with E-state index < -0.39 is 0 Å². The Labute approximate surface area is 62.5 Å². The summed E-state index contributed by atoms with van der Waals surface area (Å²) < 4.78 is 0. The van der Waals surface area contributed by atoms with Crippen LogP contribution in [-0.2, 0) is 17.4 Å². The molecule has 0 aromatic rings. The van der Waals surface area contributed by atoms with Gasteiger partial charge in [-0.25, -0.2) is 0 Å². The summed E-state index contributed by atoms with van der Waals surface area (Å²) >= 11 is 0. The summed E-state index contributed by atoms with van der Waals surface area (Å²) in [6, 6.07) is 0. The Morgan fingerprint density at radius 2 is 0.286 bits per heavy atom. The fourth-order valence-corrected chi connectivity index (χ4v) is 0. The van der Waals surface area contributed by atoms with E-state index in [9.17, 15) is 0 Å². The Balaban J connectivity index is 0. The third-order valence-corrected chi connectivity index (χ3v) is 0. The molecule has 0 saturated carbocycles. The van der Waals surface area contributed by atoms with Crippen LogP contribution in [0.3, 0.4) is 0 Å². The first-order chi connectivity index (χ1) is 0. The van der Waals surface area contributed by atoms with Crippen LogP contribution < -0.4 is 0 Å². The van der Waals surface area contributed by atoms with Gasteiger partial charge in [0, 0.05) is 0 Å². The van der Waals surface area contributed by atoms with Gasteiger partial charge in [0.25, 0.3) is 0 Å². The maximum Gasteiger partial charge on any atom is 6.00 e. The van der Waals surface area contributed by atoms with E-state index in [4.69, 9.17) is 0 Å².